The number of ether oxygens (including phenoxy) is 2. The Hall–Kier alpha value is -2.99. The molecule has 0 saturated carbocycles. The first-order valence-corrected chi connectivity index (χ1v) is 11.2. The molecule has 6 nitrogen and oxygen atoms in total. The Bertz CT molecular complexity index is 1390. The molecule has 0 radical (unpaired) electrons. The van der Waals surface area contributed by atoms with E-state index in [1.54, 1.807) is 4.57 Å². The summed E-state index contributed by atoms with van der Waals surface area (Å²) in [5, 5.41) is 1.16. The molecule has 1 atom stereocenters. The molecule has 32 heavy (non-hydrogen) atoms. The van der Waals surface area contributed by atoms with Gasteiger partial charge in [0.15, 0.2) is 5.60 Å². The van der Waals surface area contributed by atoms with Crippen LogP contribution in [0, 0.1) is 27.7 Å². The lowest BCUT2D eigenvalue weighted by atomic mass is 9.85. The maximum absolute atomic E-state index is 13.6. The third kappa shape index (κ3) is 2.53. The van der Waals surface area contributed by atoms with Crippen molar-refractivity contribution in [2.75, 3.05) is 6.61 Å². The van der Waals surface area contributed by atoms with Gasteiger partial charge >= 0.3 is 5.97 Å². The van der Waals surface area contributed by atoms with E-state index in [0.717, 1.165) is 33.4 Å². The molecular formula is C26H28N2O4. The quantitative estimate of drug-likeness (QED) is 0.450. The van der Waals surface area contributed by atoms with Crippen LogP contribution < -0.4 is 5.56 Å². The van der Waals surface area contributed by atoms with Gasteiger partial charge in [0.2, 0.25) is 0 Å². The van der Waals surface area contributed by atoms with Crippen molar-refractivity contribution in [3.05, 3.63) is 61.4 Å². The number of hydrogen-bond donors (Lipinski definition) is 0. The van der Waals surface area contributed by atoms with Crippen LogP contribution in [-0.2, 0) is 33.0 Å². The number of cyclic esters (lactones) is 1. The maximum Gasteiger partial charge on any atom is 0.343 e. The minimum absolute atomic E-state index is 0.0235. The number of rotatable bonds is 3. The predicted octanol–water partition coefficient (Wildman–Crippen LogP) is 4.36. The minimum Gasteiger partial charge on any atom is -0.458 e. The van der Waals surface area contributed by atoms with Gasteiger partial charge in [-0.3, -0.25) is 4.79 Å². The van der Waals surface area contributed by atoms with E-state index in [0.29, 0.717) is 30.7 Å². The van der Waals surface area contributed by atoms with Crippen molar-refractivity contribution in [1.82, 2.24) is 9.55 Å². The molecule has 5 rings (SSSR count). The zero-order valence-electron chi connectivity index (χ0n) is 19.5. The SMILES string of the molecule is CCOC1(CC)C(=O)OCc2c1cc1n(c2=O)Cc2c-1nc1cc(C)c(C)c(C)c1c2C. The van der Waals surface area contributed by atoms with Gasteiger partial charge in [0.25, 0.3) is 5.56 Å². The second kappa shape index (κ2) is 7.01. The number of carbonyl (C=O) groups excluding carboxylic acids is 1. The Morgan fingerprint density at radius 1 is 1.06 bits per heavy atom. The van der Waals surface area contributed by atoms with Gasteiger partial charge in [-0.15, -0.1) is 0 Å². The van der Waals surface area contributed by atoms with Gasteiger partial charge in [-0.05, 0) is 75.4 Å². The number of benzene rings is 1. The summed E-state index contributed by atoms with van der Waals surface area (Å²) in [6.45, 7) is 13.0. The van der Waals surface area contributed by atoms with E-state index < -0.39 is 11.6 Å². The Morgan fingerprint density at radius 2 is 1.81 bits per heavy atom. The van der Waals surface area contributed by atoms with Gasteiger partial charge < -0.3 is 14.0 Å². The first-order chi connectivity index (χ1) is 15.2. The highest BCUT2D eigenvalue weighted by atomic mass is 16.6. The molecule has 6 heteroatoms. The Morgan fingerprint density at radius 3 is 2.50 bits per heavy atom. The van der Waals surface area contributed by atoms with Gasteiger partial charge in [-0.2, -0.15) is 0 Å². The standard InChI is InChI=1S/C26H28N2O4/c1-7-26(32-8-2)19-10-21-23-17(11-28(21)24(29)18(19)12-31-25(26)30)16(6)22-15(5)14(4)13(3)9-20(22)27-23/h9-10H,7-8,11-12H2,1-6H3. The van der Waals surface area contributed by atoms with Crippen molar-refractivity contribution in [2.24, 2.45) is 0 Å². The molecule has 2 aromatic heterocycles. The molecule has 0 bridgehead atoms. The molecule has 1 aromatic carbocycles. The van der Waals surface area contributed by atoms with Gasteiger partial charge in [0.1, 0.15) is 6.61 Å². The zero-order chi connectivity index (χ0) is 22.9. The lowest BCUT2D eigenvalue weighted by Gasteiger charge is -2.35. The van der Waals surface area contributed by atoms with Crippen molar-refractivity contribution < 1.29 is 14.3 Å². The summed E-state index contributed by atoms with van der Waals surface area (Å²) in [6.07, 6.45) is 0.393. The van der Waals surface area contributed by atoms with Crippen LogP contribution in [-0.4, -0.2) is 22.1 Å². The Labute approximate surface area is 187 Å². The molecule has 2 aliphatic rings. The smallest absolute Gasteiger partial charge is 0.343 e. The number of nitrogens with zero attached hydrogens (tertiary/aromatic N) is 2. The third-order valence-corrected chi connectivity index (χ3v) is 7.44. The van der Waals surface area contributed by atoms with E-state index in [1.165, 1.54) is 16.7 Å². The second-order valence-electron chi connectivity index (χ2n) is 8.90. The first-order valence-electron chi connectivity index (χ1n) is 11.2. The van der Waals surface area contributed by atoms with Crippen molar-refractivity contribution in [3.8, 4) is 11.4 Å². The van der Waals surface area contributed by atoms with Crippen molar-refractivity contribution in [3.63, 3.8) is 0 Å². The normalized spacial score (nSPS) is 19.0. The molecule has 0 fully saturated rings. The molecule has 0 aliphatic carbocycles. The number of hydrogen-bond acceptors (Lipinski definition) is 5. The van der Waals surface area contributed by atoms with E-state index in [4.69, 9.17) is 14.5 Å². The topological polar surface area (TPSA) is 70.4 Å². The molecule has 2 aliphatic heterocycles. The summed E-state index contributed by atoms with van der Waals surface area (Å²) in [5.41, 5.74) is 8.16. The van der Waals surface area contributed by atoms with Crippen molar-refractivity contribution >= 4 is 16.9 Å². The highest BCUT2D eigenvalue weighted by Gasteiger charge is 2.48. The molecule has 0 spiro atoms. The number of pyridine rings is 2. The largest absolute Gasteiger partial charge is 0.458 e. The van der Waals surface area contributed by atoms with Crippen LogP contribution in [0.3, 0.4) is 0 Å². The fraction of sp³-hybridized carbons (Fsp3) is 0.423. The van der Waals surface area contributed by atoms with Gasteiger partial charge in [0.05, 0.1) is 29.0 Å². The fourth-order valence-corrected chi connectivity index (χ4v) is 5.43. The summed E-state index contributed by atoms with van der Waals surface area (Å²) in [7, 11) is 0. The lowest BCUT2D eigenvalue weighted by Crippen LogP contribution is -2.46. The van der Waals surface area contributed by atoms with Crippen LogP contribution in [0.25, 0.3) is 22.3 Å². The van der Waals surface area contributed by atoms with Crippen LogP contribution in [0.4, 0.5) is 0 Å². The van der Waals surface area contributed by atoms with Crippen LogP contribution in [0.15, 0.2) is 16.9 Å². The van der Waals surface area contributed by atoms with E-state index in [2.05, 4.69) is 33.8 Å². The molecule has 0 N–H and O–H groups in total. The van der Waals surface area contributed by atoms with Crippen molar-refractivity contribution in [1.29, 1.82) is 0 Å². The van der Waals surface area contributed by atoms with E-state index in [-0.39, 0.29) is 12.2 Å². The van der Waals surface area contributed by atoms with Crippen LogP contribution in [0.5, 0.6) is 0 Å². The lowest BCUT2D eigenvalue weighted by molar-refractivity contribution is -0.180. The van der Waals surface area contributed by atoms with Gasteiger partial charge in [-0.1, -0.05) is 6.92 Å². The molecule has 4 heterocycles. The summed E-state index contributed by atoms with van der Waals surface area (Å²) in [5.74, 6) is -0.429. The van der Waals surface area contributed by atoms with Crippen molar-refractivity contribution in [2.45, 2.75) is 66.7 Å². The minimum atomic E-state index is -1.25. The summed E-state index contributed by atoms with van der Waals surface area (Å²) in [6, 6.07) is 4.06. The number of aryl methyl sites for hydroxylation is 3. The monoisotopic (exact) mass is 432 g/mol. The summed E-state index contributed by atoms with van der Waals surface area (Å²) in [4.78, 5) is 31.4. The average Bonchev–Trinajstić information content (AvgIpc) is 3.14. The van der Waals surface area contributed by atoms with Gasteiger partial charge in [-0.25, -0.2) is 9.78 Å². The Balaban J connectivity index is 1.83. The molecule has 166 valence electrons. The summed E-state index contributed by atoms with van der Waals surface area (Å²) >= 11 is 0. The predicted molar refractivity (Wildman–Crippen MR) is 123 cm³/mol. The molecule has 1 unspecified atom stereocenters. The van der Waals surface area contributed by atoms with Gasteiger partial charge in [0, 0.05) is 23.1 Å². The maximum atomic E-state index is 13.6. The number of aromatic nitrogens is 2. The van der Waals surface area contributed by atoms with E-state index in [9.17, 15) is 9.59 Å². The Kier molecular flexibility index (Phi) is 4.57. The number of fused-ring (bicyclic) bond motifs is 5. The fourth-order valence-electron chi connectivity index (χ4n) is 5.43. The zero-order valence-corrected chi connectivity index (χ0v) is 19.5. The van der Waals surface area contributed by atoms with Crippen LogP contribution >= 0.6 is 0 Å². The highest BCUT2D eigenvalue weighted by molar-refractivity contribution is 5.92. The van der Waals surface area contributed by atoms with E-state index >= 15 is 0 Å². The highest BCUT2D eigenvalue weighted by Crippen LogP contribution is 2.42. The summed E-state index contributed by atoms with van der Waals surface area (Å²) < 4.78 is 13.1. The third-order valence-electron chi connectivity index (χ3n) is 7.44. The number of esters is 1. The second-order valence-corrected chi connectivity index (χ2v) is 8.90. The molecule has 0 amide bonds. The molecule has 0 saturated heterocycles. The average molecular weight is 433 g/mol. The number of carbonyl (C=O) groups is 1. The molecule has 3 aromatic rings. The molecular weight excluding hydrogens is 404 g/mol. The van der Waals surface area contributed by atoms with Crippen LogP contribution in [0.2, 0.25) is 0 Å². The van der Waals surface area contributed by atoms with E-state index in [1.807, 2.05) is 19.9 Å². The van der Waals surface area contributed by atoms with Crippen LogP contribution in [0.1, 0.15) is 59.2 Å². The first kappa shape index (κ1) is 20.9.